The Labute approximate surface area is 187 Å². The van der Waals surface area contributed by atoms with Crippen LogP contribution in [0.5, 0.6) is 0 Å². The molecule has 8 heteroatoms. The van der Waals surface area contributed by atoms with Crippen LogP contribution in [0.4, 0.5) is 0 Å². The molecule has 0 unspecified atom stereocenters. The Kier molecular flexibility index (Phi) is 8.35. The van der Waals surface area contributed by atoms with E-state index in [1.54, 1.807) is 12.0 Å². The lowest BCUT2D eigenvalue weighted by Crippen LogP contribution is -2.56. The van der Waals surface area contributed by atoms with Crippen LogP contribution in [0, 0.1) is 5.92 Å². The van der Waals surface area contributed by atoms with Crippen LogP contribution in [0.2, 0.25) is 0 Å². The van der Waals surface area contributed by atoms with Crippen molar-refractivity contribution >= 4 is 11.9 Å². The number of hydroxylamine groups is 2. The average molecular weight is 443 g/mol. The molecule has 0 amide bonds. The van der Waals surface area contributed by atoms with Crippen LogP contribution >= 0.6 is 0 Å². The molecule has 172 valence electrons. The monoisotopic (exact) mass is 443 g/mol. The average Bonchev–Trinajstić information content (AvgIpc) is 3.22. The zero-order valence-corrected chi connectivity index (χ0v) is 18.6. The molecule has 0 N–H and O–H groups in total. The summed E-state index contributed by atoms with van der Waals surface area (Å²) in [5.41, 5.74) is 0.0222. The van der Waals surface area contributed by atoms with Gasteiger partial charge in [-0.25, -0.2) is 9.59 Å². The molecule has 0 spiro atoms. The van der Waals surface area contributed by atoms with Gasteiger partial charge in [-0.3, -0.25) is 4.84 Å². The Bertz CT molecular complexity index is 858. The number of carbonyl (C=O) groups is 2. The van der Waals surface area contributed by atoms with Crippen LogP contribution in [-0.4, -0.2) is 56.3 Å². The Morgan fingerprint density at radius 1 is 1.00 bits per heavy atom. The van der Waals surface area contributed by atoms with E-state index in [0.29, 0.717) is 13.2 Å². The lowest BCUT2D eigenvalue weighted by Gasteiger charge is -2.30. The van der Waals surface area contributed by atoms with Gasteiger partial charge in [-0.15, -0.1) is 0 Å². The summed E-state index contributed by atoms with van der Waals surface area (Å²) in [6, 6.07) is 19.3. The van der Waals surface area contributed by atoms with Crippen molar-refractivity contribution in [1.82, 2.24) is 5.06 Å². The first-order valence-electron chi connectivity index (χ1n) is 10.4. The fraction of sp³-hybridized carbons (Fsp3) is 0.417. The second-order valence-corrected chi connectivity index (χ2v) is 7.55. The lowest BCUT2D eigenvalue weighted by atomic mass is 9.84. The third-order valence-corrected chi connectivity index (χ3v) is 5.47. The zero-order chi connectivity index (χ0) is 23.0. The zero-order valence-electron chi connectivity index (χ0n) is 18.6. The second-order valence-electron chi connectivity index (χ2n) is 7.55. The van der Waals surface area contributed by atoms with E-state index in [2.05, 4.69) is 0 Å². The highest BCUT2D eigenvalue weighted by Crippen LogP contribution is 2.38. The maximum Gasteiger partial charge on any atom is 0.352 e. The van der Waals surface area contributed by atoms with Gasteiger partial charge in [-0.05, 0) is 18.1 Å². The Hall–Kier alpha value is -2.78. The maximum atomic E-state index is 12.8. The topological polar surface area (TPSA) is 83.5 Å². The molecule has 0 aliphatic carbocycles. The van der Waals surface area contributed by atoms with Crippen molar-refractivity contribution in [3.05, 3.63) is 71.8 Å². The molecule has 1 fully saturated rings. The number of ether oxygens (including phenoxy) is 4. The van der Waals surface area contributed by atoms with E-state index in [1.165, 1.54) is 14.2 Å². The van der Waals surface area contributed by atoms with Crippen molar-refractivity contribution in [3.8, 4) is 0 Å². The minimum absolute atomic E-state index is 0.0102. The van der Waals surface area contributed by atoms with Crippen LogP contribution in [0.3, 0.4) is 0 Å². The van der Waals surface area contributed by atoms with Crippen molar-refractivity contribution in [2.45, 2.75) is 31.8 Å². The summed E-state index contributed by atoms with van der Waals surface area (Å²) in [5.74, 6) is -2.33. The molecule has 1 aliphatic heterocycles. The lowest BCUT2D eigenvalue weighted by molar-refractivity contribution is -0.232. The molecule has 32 heavy (non-hydrogen) atoms. The molecule has 1 heterocycles. The Morgan fingerprint density at radius 2 is 1.56 bits per heavy atom. The van der Waals surface area contributed by atoms with Gasteiger partial charge in [-0.1, -0.05) is 60.7 Å². The molecular formula is C24H29NO7. The third-order valence-electron chi connectivity index (χ3n) is 5.47. The van der Waals surface area contributed by atoms with E-state index >= 15 is 0 Å². The summed E-state index contributed by atoms with van der Waals surface area (Å²) < 4.78 is 21.3. The summed E-state index contributed by atoms with van der Waals surface area (Å²) in [6.45, 7) is 2.79. The van der Waals surface area contributed by atoms with E-state index in [0.717, 1.165) is 11.1 Å². The highest BCUT2D eigenvalue weighted by Gasteiger charge is 2.64. The molecular weight excluding hydrogens is 414 g/mol. The normalized spacial score (nSPS) is 18.8. The molecule has 0 saturated carbocycles. The summed E-state index contributed by atoms with van der Waals surface area (Å²) in [4.78, 5) is 31.5. The van der Waals surface area contributed by atoms with Gasteiger partial charge in [0.1, 0.15) is 6.79 Å². The molecule has 1 aliphatic rings. The largest absolute Gasteiger partial charge is 0.466 e. The van der Waals surface area contributed by atoms with Gasteiger partial charge in [0.05, 0.1) is 32.8 Å². The van der Waals surface area contributed by atoms with Crippen molar-refractivity contribution < 1.29 is 33.4 Å². The van der Waals surface area contributed by atoms with E-state index < -0.39 is 29.6 Å². The SMILES string of the molecule is COC(=O)C1(C(=O)OC)ON(Cc2ccccc2)C[C@@H]1[C@H](C)OCOCc1ccccc1. The van der Waals surface area contributed by atoms with Crippen LogP contribution < -0.4 is 0 Å². The molecule has 8 nitrogen and oxygen atoms in total. The van der Waals surface area contributed by atoms with Gasteiger partial charge in [0, 0.05) is 13.1 Å². The van der Waals surface area contributed by atoms with Gasteiger partial charge in [0.2, 0.25) is 0 Å². The molecule has 2 aromatic carbocycles. The second kappa shape index (κ2) is 11.2. The number of methoxy groups -OCH3 is 2. The number of carbonyl (C=O) groups excluding carboxylic acids is 2. The van der Waals surface area contributed by atoms with E-state index in [-0.39, 0.29) is 13.3 Å². The van der Waals surface area contributed by atoms with Gasteiger partial charge in [-0.2, -0.15) is 5.06 Å². The van der Waals surface area contributed by atoms with Crippen molar-refractivity contribution in [2.24, 2.45) is 5.92 Å². The van der Waals surface area contributed by atoms with Gasteiger partial charge in [0.25, 0.3) is 5.60 Å². The number of benzene rings is 2. The molecule has 3 rings (SSSR count). The van der Waals surface area contributed by atoms with Crippen LogP contribution in [0.25, 0.3) is 0 Å². The van der Waals surface area contributed by atoms with Crippen molar-refractivity contribution in [1.29, 1.82) is 0 Å². The number of nitrogens with zero attached hydrogens (tertiary/aromatic N) is 1. The molecule has 0 aromatic heterocycles. The van der Waals surface area contributed by atoms with Gasteiger partial charge < -0.3 is 18.9 Å². The highest BCUT2D eigenvalue weighted by molar-refractivity contribution is 6.04. The molecule has 2 aromatic rings. The minimum atomic E-state index is -1.96. The summed E-state index contributed by atoms with van der Waals surface area (Å²) in [7, 11) is 2.42. The Balaban J connectivity index is 1.72. The summed E-state index contributed by atoms with van der Waals surface area (Å²) >= 11 is 0. The van der Waals surface area contributed by atoms with Crippen LogP contribution in [0.15, 0.2) is 60.7 Å². The molecule has 0 bridgehead atoms. The quantitative estimate of drug-likeness (QED) is 0.240. The first kappa shape index (κ1) is 23.9. The van der Waals surface area contributed by atoms with Crippen LogP contribution in [-0.2, 0) is 46.5 Å². The fourth-order valence-electron chi connectivity index (χ4n) is 3.79. The number of rotatable bonds is 10. The van der Waals surface area contributed by atoms with Gasteiger partial charge in [0.15, 0.2) is 0 Å². The number of esters is 2. The number of hydrogen-bond donors (Lipinski definition) is 0. The standard InChI is InChI=1S/C24H29NO7/c1-18(31-17-30-16-20-12-8-5-9-13-20)21-15-25(14-19-10-6-4-7-11-19)32-24(21,22(26)28-2)23(27)29-3/h4-13,18,21H,14-17H2,1-3H3/t18-,21+/m0/s1. The smallest absolute Gasteiger partial charge is 0.352 e. The summed E-state index contributed by atoms with van der Waals surface area (Å²) in [6.07, 6.45) is -0.565. The predicted octanol–water partition coefficient (Wildman–Crippen LogP) is 2.71. The van der Waals surface area contributed by atoms with E-state index in [9.17, 15) is 9.59 Å². The Morgan fingerprint density at radius 3 is 2.12 bits per heavy atom. The van der Waals surface area contributed by atoms with Crippen molar-refractivity contribution in [3.63, 3.8) is 0 Å². The minimum Gasteiger partial charge on any atom is -0.466 e. The maximum absolute atomic E-state index is 12.8. The highest BCUT2D eigenvalue weighted by atomic mass is 16.7. The molecule has 0 radical (unpaired) electrons. The first-order chi connectivity index (χ1) is 15.5. The van der Waals surface area contributed by atoms with E-state index in [4.69, 9.17) is 23.8 Å². The summed E-state index contributed by atoms with van der Waals surface area (Å²) in [5, 5.41) is 1.57. The molecule has 1 saturated heterocycles. The van der Waals surface area contributed by atoms with Crippen molar-refractivity contribution in [2.75, 3.05) is 27.6 Å². The third kappa shape index (κ3) is 5.34. The van der Waals surface area contributed by atoms with Gasteiger partial charge >= 0.3 is 11.9 Å². The predicted molar refractivity (Wildman–Crippen MR) is 115 cm³/mol. The molecule has 2 atom stereocenters. The first-order valence-corrected chi connectivity index (χ1v) is 10.4. The fourth-order valence-corrected chi connectivity index (χ4v) is 3.79. The van der Waals surface area contributed by atoms with Crippen LogP contribution in [0.1, 0.15) is 18.1 Å². The number of hydrogen-bond acceptors (Lipinski definition) is 8. The van der Waals surface area contributed by atoms with E-state index in [1.807, 2.05) is 60.7 Å².